The lowest BCUT2D eigenvalue weighted by Crippen LogP contribution is -2.19. The first-order valence-corrected chi connectivity index (χ1v) is 4.41. The van der Waals surface area contributed by atoms with Crippen LogP contribution in [0, 0.1) is 6.92 Å². The molecule has 1 rings (SSSR count). The zero-order valence-corrected chi connectivity index (χ0v) is 7.96. The number of hydrogen-bond donors (Lipinski definition) is 0. The van der Waals surface area contributed by atoms with Crippen molar-refractivity contribution >= 4 is 0 Å². The van der Waals surface area contributed by atoms with Crippen LogP contribution in [0.5, 0.6) is 0 Å². The van der Waals surface area contributed by atoms with Crippen LogP contribution in [0.1, 0.15) is 18.9 Å². The SMILES string of the molecule is Cc1ccn(CCC(C)F)c(=O)c1. The first-order valence-electron chi connectivity index (χ1n) is 4.41. The van der Waals surface area contributed by atoms with Crippen LogP contribution in [0.2, 0.25) is 0 Å². The van der Waals surface area contributed by atoms with Gasteiger partial charge in [0.1, 0.15) is 0 Å². The maximum absolute atomic E-state index is 12.5. The molecule has 72 valence electrons. The molecule has 0 bridgehead atoms. The second kappa shape index (κ2) is 4.21. The second-order valence-electron chi connectivity index (χ2n) is 3.31. The summed E-state index contributed by atoms with van der Waals surface area (Å²) in [5, 5.41) is 0. The molecule has 13 heavy (non-hydrogen) atoms. The van der Waals surface area contributed by atoms with E-state index in [1.807, 2.05) is 13.0 Å². The van der Waals surface area contributed by atoms with Gasteiger partial charge in [-0.05, 0) is 31.9 Å². The van der Waals surface area contributed by atoms with Crippen molar-refractivity contribution in [3.63, 3.8) is 0 Å². The summed E-state index contributed by atoms with van der Waals surface area (Å²) in [6.07, 6.45) is 1.25. The Hall–Kier alpha value is -1.12. The standard InChI is InChI=1S/C10H14FNO/c1-8-3-5-12(10(13)7-8)6-4-9(2)11/h3,5,7,9H,4,6H2,1-2H3. The van der Waals surface area contributed by atoms with Crippen molar-refractivity contribution in [2.75, 3.05) is 0 Å². The number of nitrogens with zero attached hydrogens (tertiary/aromatic N) is 1. The van der Waals surface area contributed by atoms with Crippen molar-refractivity contribution in [1.82, 2.24) is 4.57 Å². The number of aromatic nitrogens is 1. The van der Waals surface area contributed by atoms with Crippen LogP contribution >= 0.6 is 0 Å². The van der Waals surface area contributed by atoms with E-state index in [2.05, 4.69) is 0 Å². The molecule has 1 aromatic rings. The highest BCUT2D eigenvalue weighted by molar-refractivity contribution is 5.07. The predicted octanol–water partition coefficient (Wildman–Crippen LogP) is 1.90. The van der Waals surface area contributed by atoms with Gasteiger partial charge >= 0.3 is 0 Å². The van der Waals surface area contributed by atoms with Gasteiger partial charge in [-0.3, -0.25) is 4.79 Å². The minimum atomic E-state index is -0.854. The molecule has 0 aromatic carbocycles. The summed E-state index contributed by atoms with van der Waals surface area (Å²) >= 11 is 0. The summed E-state index contributed by atoms with van der Waals surface area (Å²) in [6.45, 7) is 3.82. The van der Waals surface area contributed by atoms with Gasteiger partial charge < -0.3 is 4.57 Å². The molecule has 2 nitrogen and oxygen atoms in total. The number of pyridine rings is 1. The van der Waals surface area contributed by atoms with E-state index < -0.39 is 6.17 Å². The first-order chi connectivity index (χ1) is 6.09. The fourth-order valence-electron chi connectivity index (χ4n) is 1.11. The van der Waals surface area contributed by atoms with E-state index in [9.17, 15) is 9.18 Å². The fourth-order valence-corrected chi connectivity index (χ4v) is 1.11. The van der Waals surface area contributed by atoms with Crippen LogP contribution in [0.25, 0.3) is 0 Å². The highest BCUT2D eigenvalue weighted by atomic mass is 19.1. The van der Waals surface area contributed by atoms with Crippen LogP contribution in [0.4, 0.5) is 4.39 Å². The van der Waals surface area contributed by atoms with Crippen molar-refractivity contribution in [3.05, 3.63) is 34.2 Å². The van der Waals surface area contributed by atoms with Gasteiger partial charge in [0.2, 0.25) is 0 Å². The third kappa shape index (κ3) is 3.01. The topological polar surface area (TPSA) is 22.0 Å². The minimum absolute atomic E-state index is 0.0550. The summed E-state index contributed by atoms with van der Waals surface area (Å²) in [5.74, 6) is 0. The molecule has 0 amide bonds. The van der Waals surface area contributed by atoms with E-state index >= 15 is 0 Å². The highest BCUT2D eigenvalue weighted by Gasteiger charge is 2.00. The molecule has 0 fully saturated rings. The van der Waals surface area contributed by atoms with Gasteiger partial charge in [0.25, 0.3) is 5.56 Å². The average Bonchev–Trinajstić information content (AvgIpc) is 2.02. The van der Waals surface area contributed by atoms with E-state index in [4.69, 9.17) is 0 Å². The van der Waals surface area contributed by atoms with Crippen LogP contribution < -0.4 is 5.56 Å². The molecule has 0 N–H and O–H groups in total. The molecule has 1 unspecified atom stereocenters. The lowest BCUT2D eigenvalue weighted by Gasteiger charge is -2.05. The third-order valence-corrected chi connectivity index (χ3v) is 1.92. The Balaban J connectivity index is 2.73. The van der Waals surface area contributed by atoms with Crippen LogP contribution in [0.15, 0.2) is 23.1 Å². The van der Waals surface area contributed by atoms with Gasteiger partial charge in [-0.2, -0.15) is 0 Å². The monoisotopic (exact) mass is 183 g/mol. The van der Waals surface area contributed by atoms with Crippen molar-refractivity contribution in [2.24, 2.45) is 0 Å². The van der Waals surface area contributed by atoms with Gasteiger partial charge in [0.15, 0.2) is 0 Å². The lowest BCUT2D eigenvalue weighted by atomic mass is 10.3. The smallest absolute Gasteiger partial charge is 0.250 e. The fraction of sp³-hybridized carbons (Fsp3) is 0.500. The predicted molar refractivity (Wildman–Crippen MR) is 50.6 cm³/mol. The van der Waals surface area contributed by atoms with Crippen LogP contribution in [0.3, 0.4) is 0 Å². The molecular weight excluding hydrogens is 169 g/mol. The summed E-state index contributed by atoms with van der Waals surface area (Å²) < 4.78 is 14.0. The molecule has 0 aliphatic rings. The van der Waals surface area contributed by atoms with Gasteiger partial charge in [0.05, 0.1) is 6.17 Å². The minimum Gasteiger partial charge on any atom is -0.315 e. The van der Waals surface area contributed by atoms with E-state index in [0.29, 0.717) is 13.0 Å². The maximum atomic E-state index is 12.5. The van der Waals surface area contributed by atoms with Gasteiger partial charge in [-0.15, -0.1) is 0 Å². The molecule has 0 saturated carbocycles. The van der Waals surface area contributed by atoms with E-state index in [-0.39, 0.29) is 5.56 Å². The largest absolute Gasteiger partial charge is 0.315 e. The van der Waals surface area contributed by atoms with Gasteiger partial charge in [0, 0.05) is 18.8 Å². The number of alkyl halides is 1. The molecule has 3 heteroatoms. The molecule has 0 saturated heterocycles. The van der Waals surface area contributed by atoms with Crippen molar-refractivity contribution in [2.45, 2.75) is 33.0 Å². The van der Waals surface area contributed by atoms with Gasteiger partial charge in [-0.25, -0.2) is 4.39 Å². The van der Waals surface area contributed by atoms with Crippen molar-refractivity contribution < 1.29 is 4.39 Å². The van der Waals surface area contributed by atoms with Crippen LogP contribution in [-0.2, 0) is 6.54 Å². The zero-order chi connectivity index (χ0) is 9.84. The highest BCUT2D eigenvalue weighted by Crippen LogP contribution is 1.98. The summed E-state index contributed by atoms with van der Waals surface area (Å²) in [4.78, 5) is 11.3. The summed E-state index contributed by atoms with van der Waals surface area (Å²) in [5.41, 5.74) is 0.884. The van der Waals surface area contributed by atoms with E-state index in [1.54, 1.807) is 12.3 Å². The Bertz CT molecular complexity index is 330. The van der Waals surface area contributed by atoms with Crippen LogP contribution in [-0.4, -0.2) is 10.7 Å². The average molecular weight is 183 g/mol. The molecule has 1 heterocycles. The normalized spacial score (nSPS) is 12.8. The summed E-state index contributed by atoms with van der Waals surface area (Å²) in [6, 6.07) is 3.41. The number of halogens is 1. The van der Waals surface area contributed by atoms with Crippen molar-refractivity contribution in [1.29, 1.82) is 0 Å². The number of rotatable bonds is 3. The van der Waals surface area contributed by atoms with E-state index in [0.717, 1.165) is 5.56 Å². The zero-order valence-electron chi connectivity index (χ0n) is 7.96. The molecular formula is C10H14FNO. The third-order valence-electron chi connectivity index (χ3n) is 1.92. The molecule has 1 atom stereocenters. The number of aryl methyl sites for hydroxylation is 2. The van der Waals surface area contributed by atoms with E-state index in [1.165, 1.54) is 11.5 Å². The molecule has 0 radical (unpaired) electrons. The first kappa shape index (κ1) is 9.96. The molecule has 0 aliphatic heterocycles. The summed E-state index contributed by atoms with van der Waals surface area (Å²) in [7, 11) is 0. The Kier molecular flexibility index (Phi) is 3.23. The van der Waals surface area contributed by atoms with Crippen molar-refractivity contribution in [3.8, 4) is 0 Å². The number of hydrogen-bond acceptors (Lipinski definition) is 1. The Morgan fingerprint density at radius 1 is 1.62 bits per heavy atom. The van der Waals surface area contributed by atoms with Gasteiger partial charge in [-0.1, -0.05) is 0 Å². The molecule has 0 aliphatic carbocycles. The quantitative estimate of drug-likeness (QED) is 0.701. The molecule has 1 aromatic heterocycles. The Labute approximate surface area is 77.0 Å². The lowest BCUT2D eigenvalue weighted by molar-refractivity contribution is 0.324. The Morgan fingerprint density at radius 2 is 2.31 bits per heavy atom. The second-order valence-corrected chi connectivity index (χ2v) is 3.31. The molecule has 0 spiro atoms. The Morgan fingerprint density at radius 3 is 2.85 bits per heavy atom. The maximum Gasteiger partial charge on any atom is 0.250 e.